The lowest BCUT2D eigenvalue weighted by Crippen LogP contribution is -2.23. The lowest BCUT2D eigenvalue weighted by molar-refractivity contribution is 1.04. The Morgan fingerprint density at radius 1 is 1.25 bits per heavy atom. The first-order valence-electron chi connectivity index (χ1n) is 4.50. The van der Waals surface area contributed by atoms with Crippen LogP contribution >= 0.6 is 11.6 Å². The van der Waals surface area contributed by atoms with Gasteiger partial charge in [0, 0.05) is 16.9 Å². The van der Waals surface area contributed by atoms with E-state index in [-0.39, 0.29) is 5.69 Å². The van der Waals surface area contributed by atoms with Crippen molar-refractivity contribution < 1.29 is 0 Å². The van der Waals surface area contributed by atoms with Gasteiger partial charge in [0.25, 0.3) is 5.56 Å². The van der Waals surface area contributed by atoms with Gasteiger partial charge in [-0.15, -0.1) is 0 Å². The molecule has 1 heterocycles. The Morgan fingerprint density at radius 2 is 2.06 bits per heavy atom. The van der Waals surface area contributed by atoms with E-state index in [0.29, 0.717) is 10.7 Å². The molecule has 0 atom stereocenters. The summed E-state index contributed by atoms with van der Waals surface area (Å²) in [5.74, 6) is 0. The quantitative estimate of drug-likeness (QED) is 0.740. The van der Waals surface area contributed by atoms with Gasteiger partial charge in [-0.2, -0.15) is 0 Å². The average molecular weight is 238 g/mol. The monoisotopic (exact) mass is 237 g/mol. The second-order valence-electron chi connectivity index (χ2n) is 3.12. The van der Waals surface area contributed by atoms with Gasteiger partial charge in [-0.1, -0.05) is 17.7 Å². The molecule has 0 unspecified atom stereocenters. The zero-order chi connectivity index (χ0) is 11.5. The molecule has 0 aliphatic heterocycles. The van der Waals surface area contributed by atoms with E-state index in [1.54, 1.807) is 24.3 Å². The Morgan fingerprint density at radius 3 is 2.75 bits per heavy atom. The van der Waals surface area contributed by atoms with E-state index in [1.807, 2.05) is 0 Å². The minimum atomic E-state index is -0.540. The van der Waals surface area contributed by atoms with Gasteiger partial charge in [0.1, 0.15) is 5.69 Å². The maximum atomic E-state index is 11.4. The minimum Gasteiger partial charge on any atom is -0.350 e. The molecule has 6 heteroatoms. The molecule has 0 bridgehead atoms. The van der Waals surface area contributed by atoms with Crippen molar-refractivity contribution in [2.24, 2.45) is 0 Å². The zero-order valence-electron chi connectivity index (χ0n) is 8.08. The highest BCUT2D eigenvalue weighted by atomic mass is 35.5. The molecule has 0 fully saturated rings. The molecular weight excluding hydrogens is 230 g/mol. The van der Waals surface area contributed by atoms with Crippen LogP contribution in [0.2, 0.25) is 5.02 Å². The van der Waals surface area contributed by atoms with Crippen LogP contribution in [0.1, 0.15) is 0 Å². The minimum absolute atomic E-state index is 0.252. The summed E-state index contributed by atoms with van der Waals surface area (Å²) >= 11 is 5.79. The molecule has 5 nitrogen and oxygen atoms in total. The maximum absolute atomic E-state index is 11.4. The molecule has 0 spiro atoms. The number of aromatic nitrogens is 2. The highest BCUT2D eigenvalue weighted by Crippen LogP contribution is 2.17. The van der Waals surface area contributed by atoms with Gasteiger partial charge in [-0.3, -0.25) is 9.78 Å². The van der Waals surface area contributed by atoms with E-state index < -0.39 is 11.2 Å². The molecule has 0 aliphatic carbocycles. The molecule has 1 aromatic carbocycles. The number of aromatic amines is 2. The van der Waals surface area contributed by atoms with E-state index in [2.05, 4.69) is 15.3 Å². The second kappa shape index (κ2) is 4.24. The van der Waals surface area contributed by atoms with Gasteiger partial charge in [-0.25, -0.2) is 4.79 Å². The number of halogens is 1. The Balaban J connectivity index is 2.34. The zero-order valence-corrected chi connectivity index (χ0v) is 8.84. The van der Waals surface area contributed by atoms with Crippen molar-refractivity contribution in [2.75, 3.05) is 5.32 Å². The summed E-state index contributed by atoms with van der Waals surface area (Å²) in [6.07, 6.45) is 1.31. The number of hydrogen-bond donors (Lipinski definition) is 3. The summed E-state index contributed by atoms with van der Waals surface area (Å²) < 4.78 is 0. The lowest BCUT2D eigenvalue weighted by atomic mass is 10.3. The maximum Gasteiger partial charge on any atom is 0.325 e. The molecule has 0 saturated heterocycles. The fraction of sp³-hybridized carbons (Fsp3) is 0. The summed E-state index contributed by atoms with van der Waals surface area (Å²) in [5.41, 5.74) is -0.0997. The summed E-state index contributed by atoms with van der Waals surface area (Å²) in [6, 6.07) is 6.91. The Kier molecular flexibility index (Phi) is 2.78. The first-order chi connectivity index (χ1) is 7.65. The standard InChI is InChI=1S/C10H8ClN3O2/c11-6-2-1-3-7(4-6)13-8-5-12-10(16)14-9(8)15/h1-5,13H,(H2,12,14,15,16). The molecular formula is C10H8ClN3O2. The van der Waals surface area contributed by atoms with Crippen LogP contribution in [0, 0.1) is 0 Å². The van der Waals surface area contributed by atoms with Crippen LogP contribution in [-0.2, 0) is 0 Å². The van der Waals surface area contributed by atoms with Crippen LogP contribution < -0.4 is 16.6 Å². The van der Waals surface area contributed by atoms with E-state index in [4.69, 9.17) is 11.6 Å². The van der Waals surface area contributed by atoms with E-state index >= 15 is 0 Å². The highest BCUT2D eigenvalue weighted by Gasteiger charge is 2.00. The molecule has 2 rings (SSSR count). The Hall–Kier alpha value is -2.01. The lowest BCUT2D eigenvalue weighted by Gasteiger charge is -2.04. The first-order valence-corrected chi connectivity index (χ1v) is 4.87. The Labute approximate surface area is 95.1 Å². The summed E-state index contributed by atoms with van der Waals surface area (Å²) in [6.45, 7) is 0. The van der Waals surface area contributed by atoms with Crippen LogP contribution in [0.25, 0.3) is 0 Å². The largest absolute Gasteiger partial charge is 0.350 e. The third-order valence-corrected chi connectivity index (χ3v) is 2.16. The SMILES string of the molecule is O=c1[nH]cc(Nc2cccc(Cl)c2)c(=O)[nH]1. The van der Waals surface area contributed by atoms with Gasteiger partial charge < -0.3 is 10.3 Å². The third-order valence-electron chi connectivity index (χ3n) is 1.92. The number of benzene rings is 1. The van der Waals surface area contributed by atoms with Crippen LogP contribution in [0.4, 0.5) is 11.4 Å². The molecule has 16 heavy (non-hydrogen) atoms. The number of anilines is 2. The van der Waals surface area contributed by atoms with Crippen molar-refractivity contribution in [1.29, 1.82) is 0 Å². The predicted molar refractivity (Wildman–Crippen MR) is 62.4 cm³/mol. The summed E-state index contributed by atoms with van der Waals surface area (Å²) in [7, 11) is 0. The van der Waals surface area contributed by atoms with Gasteiger partial charge in [0.05, 0.1) is 0 Å². The highest BCUT2D eigenvalue weighted by molar-refractivity contribution is 6.30. The van der Waals surface area contributed by atoms with Crippen LogP contribution in [0.15, 0.2) is 40.1 Å². The molecule has 3 N–H and O–H groups in total. The van der Waals surface area contributed by atoms with Crippen molar-refractivity contribution in [3.05, 3.63) is 56.3 Å². The molecule has 82 valence electrons. The molecule has 2 aromatic rings. The van der Waals surface area contributed by atoms with Crippen molar-refractivity contribution in [3.8, 4) is 0 Å². The fourth-order valence-corrected chi connectivity index (χ4v) is 1.41. The number of hydrogen-bond acceptors (Lipinski definition) is 3. The van der Waals surface area contributed by atoms with Gasteiger partial charge in [-0.05, 0) is 18.2 Å². The first kappa shape index (κ1) is 10.5. The van der Waals surface area contributed by atoms with E-state index in [9.17, 15) is 9.59 Å². The van der Waals surface area contributed by atoms with Crippen LogP contribution in [0.3, 0.4) is 0 Å². The van der Waals surface area contributed by atoms with Crippen molar-refractivity contribution in [1.82, 2.24) is 9.97 Å². The van der Waals surface area contributed by atoms with Gasteiger partial charge >= 0.3 is 5.69 Å². The topological polar surface area (TPSA) is 77.8 Å². The van der Waals surface area contributed by atoms with Crippen molar-refractivity contribution in [2.45, 2.75) is 0 Å². The fourth-order valence-electron chi connectivity index (χ4n) is 1.22. The smallest absolute Gasteiger partial charge is 0.325 e. The number of nitrogens with one attached hydrogen (secondary N) is 3. The van der Waals surface area contributed by atoms with Crippen LogP contribution in [0.5, 0.6) is 0 Å². The number of rotatable bonds is 2. The second-order valence-corrected chi connectivity index (χ2v) is 3.56. The third kappa shape index (κ3) is 2.32. The van der Waals surface area contributed by atoms with Gasteiger partial charge in [0.2, 0.25) is 0 Å². The Bertz CT molecular complexity index is 618. The average Bonchev–Trinajstić information content (AvgIpc) is 2.22. The normalized spacial score (nSPS) is 10.1. The molecule has 0 saturated carbocycles. The summed E-state index contributed by atoms with van der Waals surface area (Å²) in [4.78, 5) is 26.6. The van der Waals surface area contributed by atoms with Gasteiger partial charge in [0.15, 0.2) is 0 Å². The molecule has 0 amide bonds. The van der Waals surface area contributed by atoms with E-state index in [0.717, 1.165) is 0 Å². The van der Waals surface area contributed by atoms with Crippen molar-refractivity contribution >= 4 is 23.0 Å². The molecule has 1 aromatic heterocycles. The predicted octanol–water partition coefficient (Wildman–Crippen LogP) is 1.46. The molecule has 0 aliphatic rings. The van der Waals surface area contributed by atoms with Crippen LogP contribution in [-0.4, -0.2) is 9.97 Å². The molecule has 0 radical (unpaired) electrons. The van der Waals surface area contributed by atoms with E-state index in [1.165, 1.54) is 6.20 Å². The van der Waals surface area contributed by atoms with Crippen molar-refractivity contribution in [3.63, 3.8) is 0 Å². The summed E-state index contributed by atoms with van der Waals surface area (Å²) in [5, 5.41) is 3.40. The number of H-pyrrole nitrogens is 2.